The highest BCUT2D eigenvalue weighted by Gasteiger charge is 2.13. The van der Waals surface area contributed by atoms with E-state index < -0.39 is 6.10 Å². The van der Waals surface area contributed by atoms with Gasteiger partial charge in [0.25, 0.3) is 0 Å². The number of aliphatic hydroxyl groups excluding tert-OH is 1. The Bertz CT molecular complexity index is 595. The van der Waals surface area contributed by atoms with Crippen LogP contribution in [0.3, 0.4) is 0 Å². The molecule has 0 fully saturated rings. The van der Waals surface area contributed by atoms with Gasteiger partial charge in [0.1, 0.15) is 0 Å². The van der Waals surface area contributed by atoms with Gasteiger partial charge in [-0.25, -0.2) is 0 Å². The average molecular weight is 387 g/mol. The van der Waals surface area contributed by atoms with Crippen LogP contribution in [0.15, 0.2) is 36.4 Å². The zero-order valence-electron chi connectivity index (χ0n) is 11.0. The minimum atomic E-state index is -0.521. The molecule has 0 radical (unpaired) electrons. The second-order valence-corrected chi connectivity index (χ2v) is 6.40. The van der Waals surface area contributed by atoms with Gasteiger partial charge in [0.05, 0.1) is 6.10 Å². The Hall–Kier alpha value is -0.580. The normalized spacial score (nSPS) is 12.5. The summed E-state index contributed by atoms with van der Waals surface area (Å²) in [7, 11) is 0. The van der Waals surface area contributed by atoms with Gasteiger partial charge in [0.15, 0.2) is 0 Å². The van der Waals surface area contributed by atoms with Crippen LogP contribution >= 0.6 is 34.2 Å². The third-order valence-electron chi connectivity index (χ3n) is 3.32. The van der Waals surface area contributed by atoms with Crippen LogP contribution in [0.2, 0.25) is 5.02 Å². The molecule has 0 spiro atoms. The molecule has 0 bridgehead atoms. The molecule has 19 heavy (non-hydrogen) atoms. The van der Waals surface area contributed by atoms with Crippen molar-refractivity contribution in [1.29, 1.82) is 0 Å². The van der Waals surface area contributed by atoms with Crippen LogP contribution in [-0.4, -0.2) is 5.11 Å². The van der Waals surface area contributed by atoms with Gasteiger partial charge in [-0.2, -0.15) is 0 Å². The van der Waals surface area contributed by atoms with Gasteiger partial charge in [-0.3, -0.25) is 0 Å². The maximum atomic E-state index is 10.4. The summed E-state index contributed by atoms with van der Waals surface area (Å²) in [6, 6.07) is 11.9. The lowest BCUT2D eigenvalue weighted by Crippen LogP contribution is -2.04. The molecule has 0 aliphatic rings. The van der Waals surface area contributed by atoms with E-state index in [2.05, 4.69) is 54.6 Å². The molecule has 0 saturated carbocycles. The van der Waals surface area contributed by atoms with Gasteiger partial charge in [-0.15, -0.1) is 0 Å². The van der Waals surface area contributed by atoms with Crippen molar-refractivity contribution in [2.24, 2.45) is 0 Å². The molecule has 0 amide bonds. The molecule has 1 atom stereocenters. The van der Waals surface area contributed by atoms with E-state index in [0.717, 1.165) is 14.7 Å². The molecule has 0 aliphatic carbocycles. The minimum absolute atomic E-state index is 0.521. The maximum Gasteiger partial charge on any atom is 0.0841 e. The van der Waals surface area contributed by atoms with Gasteiger partial charge in [-0.05, 0) is 76.9 Å². The van der Waals surface area contributed by atoms with Crippen molar-refractivity contribution in [3.8, 4) is 0 Å². The summed E-state index contributed by atoms with van der Waals surface area (Å²) < 4.78 is 1.04. The maximum absolute atomic E-state index is 10.4. The molecule has 2 aromatic rings. The monoisotopic (exact) mass is 386 g/mol. The van der Waals surface area contributed by atoms with Crippen LogP contribution in [-0.2, 0) is 6.42 Å². The number of aryl methyl sites for hydroxylation is 2. The van der Waals surface area contributed by atoms with Crippen LogP contribution in [0, 0.1) is 17.4 Å². The minimum Gasteiger partial charge on any atom is -0.388 e. The molecule has 1 nitrogen and oxygen atoms in total. The molecule has 0 heterocycles. The molecule has 2 aromatic carbocycles. The Morgan fingerprint density at radius 3 is 2.53 bits per heavy atom. The van der Waals surface area contributed by atoms with Crippen LogP contribution < -0.4 is 0 Å². The standard InChI is InChI=1S/C16H16ClIO/c1-10-3-4-12(7-11(10)2)8-16(19)14-9-13(17)5-6-15(14)18/h3-7,9,16,19H,8H2,1-2H3. The molecule has 2 rings (SSSR count). The SMILES string of the molecule is Cc1ccc(CC(O)c2cc(Cl)ccc2I)cc1C. The summed E-state index contributed by atoms with van der Waals surface area (Å²) in [5, 5.41) is 11.0. The number of hydrogen-bond donors (Lipinski definition) is 1. The highest BCUT2D eigenvalue weighted by Crippen LogP contribution is 2.26. The summed E-state index contributed by atoms with van der Waals surface area (Å²) in [6.07, 6.45) is 0.0880. The van der Waals surface area contributed by atoms with Crippen molar-refractivity contribution in [2.75, 3.05) is 0 Å². The highest BCUT2D eigenvalue weighted by molar-refractivity contribution is 14.1. The third-order valence-corrected chi connectivity index (χ3v) is 4.53. The van der Waals surface area contributed by atoms with E-state index in [9.17, 15) is 5.11 Å². The summed E-state index contributed by atoms with van der Waals surface area (Å²) in [5.41, 5.74) is 4.57. The second-order valence-electron chi connectivity index (χ2n) is 4.80. The van der Waals surface area contributed by atoms with E-state index in [0.29, 0.717) is 11.4 Å². The van der Waals surface area contributed by atoms with Crippen LogP contribution in [0.4, 0.5) is 0 Å². The van der Waals surface area contributed by atoms with Crippen molar-refractivity contribution in [3.63, 3.8) is 0 Å². The van der Waals surface area contributed by atoms with Gasteiger partial charge in [-0.1, -0.05) is 29.8 Å². The van der Waals surface area contributed by atoms with E-state index in [1.807, 2.05) is 18.2 Å². The molecule has 0 aliphatic heterocycles. The topological polar surface area (TPSA) is 20.2 Å². The first kappa shape index (κ1) is 14.8. The van der Waals surface area contributed by atoms with E-state index >= 15 is 0 Å². The van der Waals surface area contributed by atoms with Gasteiger partial charge in [0.2, 0.25) is 0 Å². The molecule has 100 valence electrons. The Morgan fingerprint density at radius 2 is 1.84 bits per heavy atom. The lowest BCUT2D eigenvalue weighted by atomic mass is 9.98. The molecular formula is C16H16ClIO. The molecule has 1 unspecified atom stereocenters. The fourth-order valence-corrected chi connectivity index (χ4v) is 2.91. The van der Waals surface area contributed by atoms with Gasteiger partial charge in [0, 0.05) is 15.0 Å². The second kappa shape index (κ2) is 6.25. The van der Waals surface area contributed by atoms with E-state index in [1.54, 1.807) is 0 Å². The Balaban J connectivity index is 2.22. The summed E-state index contributed by atoms with van der Waals surface area (Å²) in [5.74, 6) is 0. The quantitative estimate of drug-likeness (QED) is 0.749. The van der Waals surface area contributed by atoms with Crippen molar-refractivity contribution < 1.29 is 5.11 Å². The van der Waals surface area contributed by atoms with E-state index in [4.69, 9.17) is 11.6 Å². The molecule has 0 saturated heterocycles. The predicted molar refractivity (Wildman–Crippen MR) is 88.7 cm³/mol. The molecule has 0 aromatic heterocycles. The van der Waals surface area contributed by atoms with Crippen LogP contribution in [0.1, 0.15) is 28.4 Å². The summed E-state index contributed by atoms with van der Waals surface area (Å²) >= 11 is 8.22. The Kier molecular flexibility index (Phi) is 4.87. The third kappa shape index (κ3) is 3.71. The Labute approximate surface area is 132 Å². The lowest BCUT2D eigenvalue weighted by Gasteiger charge is -2.14. The molecule has 1 N–H and O–H groups in total. The zero-order valence-corrected chi connectivity index (χ0v) is 13.9. The first-order valence-corrected chi connectivity index (χ1v) is 7.62. The van der Waals surface area contributed by atoms with E-state index in [-0.39, 0.29) is 0 Å². The number of benzene rings is 2. The van der Waals surface area contributed by atoms with Crippen molar-refractivity contribution in [1.82, 2.24) is 0 Å². The summed E-state index contributed by atoms with van der Waals surface area (Å²) in [6.45, 7) is 4.18. The van der Waals surface area contributed by atoms with Crippen molar-refractivity contribution in [2.45, 2.75) is 26.4 Å². The predicted octanol–water partition coefficient (Wildman–Crippen LogP) is 4.84. The summed E-state index contributed by atoms with van der Waals surface area (Å²) in [4.78, 5) is 0. The first-order valence-electron chi connectivity index (χ1n) is 6.16. The number of aliphatic hydroxyl groups is 1. The Morgan fingerprint density at radius 1 is 1.11 bits per heavy atom. The smallest absolute Gasteiger partial charge is 0.0841 e. The van der Waals surface area contributed by atoms with Crippen LogP contribution in [0.25, 0.3) is 0 Å². The largest absolute Gasteiger partial charge is 0.388 e. The van der Waals surface area contributed by atoms with Gasteiger partial charge >= 0.3 is 0 Å². The fraction of sp³-hybridized carbons (Fsp3) is 0.250. The first-order chi connectivity index (χ1) is 8.97. The molecule has 3 heteroatoms. The van der Waals surface area contributed by atoms with Gasteiger partial charge < -0.3 is 5.11 Å². The van der Waals surface area contributed by atoms with E-state index in [1.165, 1.54) is 11.1 Å². The fourth-order valence-electron chi connectivity index (χ4n) is 2.03. The number of rotatable bonds is 3. The number of halogens is 2. The molecular weight excluding hydrogens is 371 g/mol. The van der Waals surface area contributed by atoms with Crippen molar-refractivity contribution in [3.05, 3.63) is 67.2 Å². The lowest BCUT2D eigenvalue weighted by molar-refractivity contribution is 0.177. The van der Waals surface area contributed by atoms with Crippen molar-refractivity contribution >= 4 is 34.2 Å². The average Bonchev–Trinajstić information content (AvgIpc) is 2.36. The van der Waals surface area contributed by atoms with Crippen LogP contribution in [0.5, 0.6) is 0 Å². The number of hydrogen-bond acceptors (Lipinski definition) is 1. The zero-order chi connectivity index (χ0) is 14.0. The highest BCUT2D eigenvalue weighted by atomic mass is 127.